The molecule has 0 aliphatic heterocycles. The smallest absolute Gasteiger partial charge is 0.271 e. The summed E-state index contributed by atoms with van der Waals surface area (Å²) >= 11 is 6.23. The van der Waals surface area contributed by atoms with Gasteiger partial charge in [-0.1, -0.05) is 66.2 Å². The number of hydrogen-bond acceptors (Lipinski definition) is 3. The van der Waals surface area contributed by atoms with Crippen LogP contribution < -0.4 is 5.32 Å². The van der Waals surface area contributed by atoms with Gasteiger partial charge in [-0.05, 0) is 29.3 Å². The first-order valence-electron chi connectivity index (χ1n) is 8.12. The van der Waals surface area contributed by atoms with Gasteiger partial charge in [0.2, 0.25) is 0 Å². The summed E-state index contributed by atoms with van der Waals surface area (Å²) in [6, 6.07) is 22.2. The molecule has 0 saturated heterocycles. The SMILES string of the molecule is O=C(Nc1cccc([N+](=O)[O-])c1)/C(=C/c1ccccc1Cl)c1ccccc1. The van der Waals surface area contributed by atoms with Gasteiger partial charge in [0.15, 0.2) is 0 Å². The molecule has 0 atom stereocenters. The molecule has 0 bridgehead atoms. The van der Waals surface area contributed by atoms with Crippen LogP contribution in [-0.2, 0) is 4.79 Å². The van der Waals surface area contributed by atoms with E-state index in [9.17, 15) is 14.9 Å². The lowest BCUT2D eigenvalue weighted by molar-refractivity contribution is -0.384. The molecule has 5 nitrogen and oxygen atoms in total. The number of amides is 1. The monoisotopic (exact) mass is 378 g/mol. The molecule has 0 saturated carbocycles. The third kappa shape index (κ3) is 4.59. The van der Waals surface area contributed by atoms with Crippen LogP contribution in [0.2, 0.25) is 5.02 Å². The van der Waals surface area contributed by atoms with Gasteiger partial charge in [0.25, 0.3) is 11.6 Å². The molecule has 0 aliphatic rings. The van der Waals surface area contributed by atoms with Crippen LogP contribution in [0.5, 0.6) is 0 Å². The summed E-state index contributed by atoms with van der Waals surface area (Å²) in [5.41, 5.74) is 2.06. The van der Waals surface area contributed by atoms with Crippen molar-refractivity contribution in [2.45, 2.75) is 0 Å². The van der Waals surface area contributed by atoms with Crippen molar-refractivity contribution in [1.29, 1.82) is 0 Å². The summed E-state index contributed by atoms with van der Waals surface area (Å²) in [4.78, 5) is 23.4. The van der Waals surface area contributed by atoms with Crippen LogP contribution in [0.1, 0.15) is 11.1 Å². The number of nitro benzene ring substituents is 1. The third-order valence-electron chi connectivity index (χ3n) is 3.85. The number of carbonyl (C=O) groups is 1. The van der Waals surface area contributed by atoms with E-state index in [0.717, 1.165) is 0 Å². The average molecular weight is 379 g/mol. The van der Waals surface area contributed by atoms with Gasteiger partial charge in [-0.15, -0.1) is 0 Å². The molecular weight excluding hydrogens is 364 g/mol. The molecule has 0 fully saturated rings. The van der Waals surface area contributed by atoms with Gasteiger partial charge in [0.05, 0.1) is 4.92 Å². The minimum Gasteiger partial charge on any atom is -0.322 e. The number of carbonyl (C=O) groups excluding carboxylic acids is 1. The van der Waals surface area contributed by atoms with E-state index in [-0.39, 0.29) is 11.6 Å². The van der Waals surface area contributed by atoms with Crippen molar-refractivity contribution in [1.82, 2.24) is 0 Å². The summed E-state index contributed by atoms with van der Waals surface area (Å²) in [6.07, 6.45) is 1.70. The number of hydrogen-bond donors (Lipinski definition) is 1. The van der Waals surface area contributed by atoms with E-state index in [0.29, 0.717) is 27.4 Å². The van der Waals surface area contributed by atoms with E-state index < -0.39 is 4.92 Å². The summed E-state index contributed by atoms with van der Waals surface area (Å²) in [5.74, 6) is -0.387. The molecular formula is C21H15ClN2O3. The lowest BCUT2D eigenvalue weighted by Gasteiger charge is -2.10. The Bertz CT molecular complexity index is 1020. The zero-order valence-corrected chi connectivity index (χ0v) is 14.9. The van der Waals surface area contributed by atoms with E-state index >= 15 is 0 Å². The van der Waals surface area contributed by atoms with E-state index in [2.05, 4.69) is 5.32 Å². The van der Waals surface area contributed by atoms with Crippen molar-refractivity contribution in [2.24, 2.45) is 0 Å². The normalized spacial score (nSPS) is 11.1. The maximum absolute atomic E-state index is 12.9. The van der Waals surface area contributed by atoms with Crippen LogP contribution in [0.25, 0.3) is 11.6 Å². The summed E-state index contributed by atoms with van der Waals surface area (Å²) in [6.45, 7) is 0. The Hall–Kier alpha value is -3.44. The van der Waals surface area contributed by atoms with E-state index in [1.54, 1.807) is 18.2 Å². The van der Waals surface area contributed by atoms with Crippen molar-refractivity contribution in [3.63, 3.8) is 0 Å². The summed E-state index contributed by atoms with van der Waals surface area (Å²) in [7, 11) is 0. The van der Waals surface area contributed by atoms with Gasteiger partial charge >= 0.3 is 0 Å². The molecule has 1 N–H and O–H groups in total. The van der Waals surface area contributed by atoms with Gasteiger partial charge < -0.3 is 5.32 Å². The largest absolute Gasteiger partial charge is 0.322 e. The van der Waals surface area contributed by atoms with Gasteiger partial charge in [-0.2, -0.15) is 0 Å². The molecule has 6 heteroatoms. The van der Waals surface area contributed by atoms with Gasteiger partial charge in [0, 0.05) is 28.4 Å². The van der Waals surface area contributed by atoms with Gasteiger partial charge in [-0.25, -0.2) is 0 Å². The molecule has 134 valence electrons. The Morgan fingerprint density at radius 2 is 1.67 bits per heavy atom. The van der Waals surface area contributed by atoms with E-state index in [4.69, 9.17) is 11.6 Å². The topological polar surface area (TPSA) is 72.2 Å². The lowest BCUT2D eigenvalue weighted by atomic mass is 10.0. The number of non-ortho nitro benzene ring substituents is 1. The third-order valence-corrected chi connectivity index (χ3v) is 4.19. The first-order valence-corrected chi connectivity index (χ1v) is 8.50. The second kappa shape index (κ2) is 8.29. The minimum absolute atomic E-state index is 0.0934. The number of benzene rings is 3. The second-order valence-corrected chi connectivity index (χ2v) is 6.11. The Labute approximate surface area is 161 Å². The Balaban J connectivity index is 1.98. The highest BCUT2D eigenvalue weighted by atomic mass is 35.5. The maximum atomic E-state index is 12.9. The molecule has 3 rings (SSSR count). The number of rotatable bonds is 5. The van der Waals surface area contributed by atoms with Crippen molar-refractivity contribution in [2.75, 3.05) is 5.32 Å². The summed E-state index contributed by atoms with van der Waals surface area (Å²) in [5, 5.41) is 14.2. The van der Waals surface area contributed by atoms with Crippen molar-refractivity contribution < 1.29 is 9.72 Å². The zero-order chi connectivity index (χ0) is 19.2. The molecule has 3 aromatic rings. The second-order valence-electron chi connectivity index (χ2n) is 5.71. The molecule has 0 aromatic heterocycles. The fourth-order valence-corrected chi connectivity index (χ4v) is 2.73. The average Bonchev–Trinajstić information content (AvgIpc) is 2.68. The van der Waals surface area contributed by atoms with Crippen LogP contribution in [0.3, 0.4) is 0 Å². The molecule has 1 amide bonds. The van der Waals surface area contributed by atoms with Crippen molar-refractivity contribution in [3.05, 3.63) is 105 Å². The molecule has 0 aliphatic carbocycles. The fraction of sp³-hybridized carbons (Fsp3) is 0. The molecule has 0 radical (unpaired) electrons. The number of nitro groups is 1. The molecule has 0 unspecified atom stereocenters. The first kappa shape index (κ1) is 18.4. The predicted octanol–water partition coefficient (Wildman–Crippen LogP) is 5.43. The highest BCUT2D eigenvalue weighted by Crippen LogP contribution is 2.25. The zero-order valence-electron chi connectivity index (χ0n) is 14.1. The van der Waals surface area contributed by atoms with Crippen molar-refractivity contribution in [3.8, 4) is 0 Å². The highest BCUT2D eigenvalue weighted by Gasteiger charge is 2.15. The van der Waals surface area contributed by atoms with Crippen LogP contribution in [0.15, 0.2) is 78.9 Å². The van der Waals surface area contributed by atoms with Crippen LogP contribution in [0.4, 0.5) is 11.4 Å². The highest BCUT2D eigenvalue weighted by molar-refractivity contribution is 6.34. The van der Waals surface area contributed by atoms with Crippen LogP contribution in [-0.4, -0.2) is 10.8 Å². The Kier molecular flexibility index (Phi) is 5.64. The van der Waals surface area contributed by atoms with Gasteiger partial charge in [0.1, 0.15) is 0 Å². The Morgan fingerprint density at radius 1 is 0.963 bits per heavy atom. The molecule has 3 aromatic carbocycles. The number of anilines is 1. The first-order chi connectivity index (χ1) is 13.0. The molecule has 0 spiro atoms. The maximum Gasteiger partial charge on any atom is 0.271 e. The van der Waals surface area contributed by atoms with E-state index in [1.807, 2.05) is 48.5 Å². The van der Waals surface area contributed by atoms with Crippen LogP contribution >= 0.6 is 11.6 Å². The predicted molar refractivity (Wildman–Crippen MR) is 107 cm³/mol. The van der Waals surface area contributed by atoms with Crippen LogP contribution in [0, 0.1) is 10.1 Å². The lowest BCUT2D eigenvalue weighted by Crippen LogP contribution is -2.13. The quantitative estimate of drug-likeness (QED) is 0.278. The van der Waals surface area contributed by atoms with Gasteiger partial charge in [-0.3, -0.25) is 14.9 Å². The molecule has 27 heavy (non-hydrogen) atoms. The summed E-state index contributed by atoms with van der Waals surface area (Å²) < 4.78 is 0. The van der Waals surface area contributed by atoms with E-state index in [1.165, 1.54) is 18.2 Å². The van der Waals surface area contributed by atoms with Crippen molar-refractivity contribution >= 4 is 40.5 Å². The standard InChI is InChI=1S/C21H15ClN2O3/c22-20-12-5-4-9-16(20)13-19(15-7-2-1-3-8-15)21(25)23-17-10-6-11-18(14-17)24(26)27/h1-14H,(H,23,25)/b19-13+. The number of halogens is 1. The Morgan fingerprint density at radius 3 is 2.37 bits per heavy atom. The minimum atomic E-state index is -0.507. The number of nitrogens with zero attached hydrogens (tertiary/aromatic N) is 1. The molecule has 0 heterocycles. The number of nitrogens with one attached hydrogen (secondary N) is 1. The fourth-order valence-electron chi connectivity index (χ4n) is 2.54.